The van der Waals surface area contributed by atoms with Gasteiger partial charge < -0.3 is 5.32 Å². The maximum Gasteiger partial charge on any atom is 0.0621 e. The van der Waals surface area contributed by atoms with Gasteiger partial charge in [0, 0.05) is 13.0 Å². The van der Waals surface area contributed by atoms with Gasteiger partial charge in [-0.1, -0.05) is 13.8 Å². The zero-order valence-electron chi connectivity index (χ0n) is 9.60. The number of thioether (sulfide) groups is 1. The Morgan fingerprint density at radius 1 is 1.43 bits per heavy atom. The van der Waals surface area contributed by atoms with Crippen LogP contribution >= 0.6 is 11.8 Å². The number of hydrogen-bond donors (Lipinski definition) is 1. The van der Waals surface area contributed by atoms with Crippen LogP contribution in [-0.4, -0.2) is 25.1 Å². The number of nitrogens with zero attached hydrogens (tertiary/aromatic N) is 1. The first-order valence-electron chi connectivity index (χ1n) is 5.19. The van der Waals surface area contributed by atoms with Gasteiger partial charge in [0.2, 0.25) is 0 Å². The molecule has 0 aliphatic heterocycles. The Kier molecular flexibility index (Phi) is 8.02. The monoisotopic (exact) mass is 214 g/mol. The average Bonchev–Trinajstić information content (AvgIpc) is 2.15. The van der Waals surface area contributed by atoms with Gasteiger partial charge in [0.25, 0.3) is 0 Å². The van der Waals surface area contributed by atoms with Crippen LogP contribution in [0.4, 0.5) is 0 Å². The molecule has 0 spiro atoms. The third-order valence-corrected chi connectivity index (χ3v) is 2.92. The van der Waals surface area contributed by atoms with Gasteiger partial charge in [0.05, 0.1) is 6.07 Å². The molecule has 0 rings (SSSR count). The minimum Gasteiger partial charge on any atom is -0.316 e. The summed E-state index contributed by atoms with van der Waals surface area (Å²) in [5, 5.41) is 11.9. The van der Waals surface area contributed by atoms with E-state index in [1.165, 1.54) is 12.2 Å². The van der Waals surface area contributed by atoms with Crippen molar-refractivity contribution >= 4 is 11.8 Å². The molecule has 0 aromatic carbocycles. The van der Waals surface area contributed by atoms with Gasteiger partial charge in [0.1, 0.15) is 0 Å². The fourth-order valence-electron chi connectivity index (χ4n) is 1.25. The molecule has 82 valence electrons. The molecule has 1 N–H and O–H groups in total. The van der Waals surface area contributed by atoms with Crippen molar-refractivity contribution < 1.29 is 0 Å². The van der Waals surface area contributed by atoms with Crippen LogP contribution < -0.4 is 5.32 Å². The van der Waals surface area contributed by atoms with Crippen LogP contribution in [-0.2, 0) is 0 Å². The minimum atomic E-state index is 0.259. The molecule has 0 amide bonds. The summed E-state index contributed by atoms with van der Waals surface area (Å²) in [5.41, 5.74) is 0.259. The molecular weight excluding hydrogens is 192 g/mol. The quantitative estimate of drug-likeness (QED) is 0.631. The zero-order chi connectivity index (χ0) is 10.9. The molecule has 2 nitrogen and oxygen atoms in total. The van der Waals surface area contributed by atoms with Crippen molar-refractivity contribution in [3.8, 4) is 6.07 Å². The second-order valence-corrected chi connectivity index (χ2v) is 5.33. The molecule has 0 radical (unpaired) electrons. The summed E-state index contributed by atoms with van der Waals surface area (Å²) in [6, 6.07) is 2.20. The SMILES string of the molecule is CSCCCNCC(C)(C)CCC#N. The van der Waals surface area contributed by atoms with Gasteiger partial charge in [0.15, 0.2) is 0 Å². The maximum atomic E-state index is 8.50. The number of nitriles is 1. The Bertz CT molecular complexity index is 173. The summed E-state index contributed by atoms with van der Waals surface area (Å²) in [5.74, 6) is 1.23. The molecule has 0 bridgehead atoms. The molecule has 0 heterocycles. The molecule has 0 saturated heterocycles. The third-order valence-electron chi connectivity index (χ3n) is 2.22. The van der Waals surface area contributed by atoms with E-state index < -0.39 is 0 Å². The lowest BCUT2D eigenvalue weighted by atomic mass is 9.88. The van der Waals surface area contributed by atoms with Crippen LogP contribution in [0.3, 0.4) is 0 Å². The van der Waals surface area contributed by atoms with Crippen molar-refractivity contribution in [3.05, 3.63) is 0 Å². The molecule has 14 heavy (non-hydrogen) atoms. The van der Waals surface area contributed by atoms with E-state index in [0.29, 0.717) is 6.42 Å². The normalized spacial score (nSPS) is 11.3. The fourth-order valence-corrected chi connectivity index (χ4v) is 1.68. The molecule has 0 atom stereocenters. The largest absolute Gasteiger partial charge is 0.316 e. The Morgan fingerprint density at radius 3 is 2.71 bits per heavy atom. The van der Waals surface area contributed by atoms with Gasteiger partial charge in [-0.15, -0.1) is 0 Å². The van der Waals surface area contributed by atoms with E-state index in [2.05, 4.69) is 31.5 Å². The molecular formula is C11H22N2S. The molecule has 0 aliphatic carbocycles. The van der Waals surface area contributed by atoms with Gasteiger partial charge >= 0.3 is 0 Å². The second kappa shape index (κ2) is 8.14. The van der Waals surface area contributed by atoms with E-state index in [0.717, 1.165) is 19.5 Å². The molecule has 3 heteroatoms. The lowest BCUT2D eigenvalue weighted by Gasteiger charge is -2.23. The van der Waals surface area contributed by atoms with Crippen molar-refractivity contribution in [1.29, 1.82) is 5.26 Å². The van der Waals surface area contributed by atoms with Crippen LogP contribution in [0.1, 0.15) is 33.1 Å². The van der Waals surface area contributed by atoms with Crippen LogP contribution in [0.25, 0.3) is 0 Å². The van der Waals surface area contributed by atoms with E-state index in [-0.39, 0.29) is 5.41 Å². The van der Waals surface area contributed by atoms with Crippen molar-refractivity contribution in [2.45, 2.75) is 33.1 Å². The first-order chi connectivity index (χ1) is 6.62. The summed E-state index contributed by atoms with van der Waals surface area (Å²) in [6.45, 7) is 6.54. The van der Waals surface area contributed by atoms with Gasteiger partial charge in [-0.3, -0.25) is 0 Å². The van der Waals surface area contributed by atoms with Crippen molar-refractivity contribution in [2.24, 2.45) is 5.41 Å². The lowest BCUT2D eigenvalue weighted by molar-refractivity contribution is 0.319. The van der Waals surface area contributed by atoms with E-state index in [1.807, 2.05) is 11.8 Å². The molecule has 0 saturated carbocycles. The van der Waals surface area contributed by atoms with Crippen molar-refractivity contribution in [2.75, 3.05) is 25.1 Å². The Balaban J connectivity index is 3.41. The highest BCUT2D eigenvalue weighted by Gasteiger charge is 2.16. The zero-order valence-corrected chi connectivity index (χ0v) is 10.4. The molecule has 0 aromatic heterocycles. The molecule has 0 aliphatic rings. The Hall–Kier alpha value is -0.200. The van der Waals surface area contributed by atoms with E-state index in [4.69, 9.17) is 5.26 Å². The summed E-state index contributed by atoms with van der Waals surface area (Å²) in [4.78, 5) is 0. The van der Waals surface area contributed by atoms with Crippen LogP contribution in [0, 0.1) is 16.7 Å². The first-order valence-corrected chi connectivity index (χ1v) is 6.58. The number of hydrogen-bond acceptors (Lipinski definition) is 3. The highest BCUT2D eigenvalue weighted by molar-refractivity contribution is 7.98. The summed E-state index contributed by atoms with van der Waals surface area (Å²) in [6.07, 6.45) is 5.02. The topological polar surface area (TPSA) is 35.8 Å². The minimum absolute atomic E-state index is 0.259. The number of nitrogens with one attached hydrogen (secondary N) is 1. The van der Waals surface area contributed by atoms with Gasteiger partial charge in [-0.05, 0) is 36.8 Å². The molecule has 0 aromatic rings. The van der Waals surface area contributed by atoms with E-state index >= 15 is 0 Å². The third kappa shape index (κ3) is 8.40. The first kappa shape index (κ1) is 13.8. The van der Waals surface area contributed by atoms with E-state index in [9.17, 15) is 0 Å². The van der Waals surface area contributed by atoms with Crippen molar-refractivity contribution in [1.82, 2.24) is 5.32 Å². The van der Waals surface area contributed by atoms with Gasteiger partial charge in [-0.25, -0.2) is 0 Å². The van der Waals surface area contributed by atoms with E-state index in [1.54, 1.807) is 0 Å². The predicted octanol–water partition coefficient (Wildman–Crippen LogP) is 2.66. The van der Waals surface area contributed by atoms with Crippen LogP contribution in [0.5, 0.6) is 0 Å². The summed E-state index contributed by atoms with van der Waals surface area (Å²) < 4.78 is 0. The van der Waals surface area contributed by atoms with Crippen molar-refractivity contribution in [3.63, 3.8) is 0 Å². The summed E-state index contributed by atoms with van der Waals surface area (Å²) >= 11 is 1.89. The highest BCUT2D eigenvalue weighted by atomic mass is 32.2. The second-order valence-electron chi connectivity index (χ2n) is 4.35. The predicted molar refractivity (Wildman–Crippen MR) is 64.5 cm³/mol. The highest BCUT2D eigenvalue weighted by Crippen LogP contribution is 2.20. The average molecular weight is 214 g/mol. The lowest BCUT2D eigenvalue weighted by Crippen LogP contribution is -2.30. The smallest absolute Gasteiger partial charge is 0.0621 e. The molecule has 0 unspecified atom stereocenters. The molecule has 0 fully saturated rings. The van der Waals surface area contributed by atoms with Gasteiger partial charge in [-0.2, -0.15) is 17.0 Å². The fraction of sp³-hybridized carbons (Fsp3) is 0.909. The van der Waals surface area contributed by atoms with Crippen LogP contribution in [0.15, 0.2) is 0 Å². The number of rotatable bonds is 8. The Morgan fingerprint density at radius 2 is 2.14 bits per heavy atom. The maximum absolute atomic E-state index is 8.50. The Labute approximate surface area is 92.5 Å². The van der Waals surface area contributed by atoms with Crippen LogP contribution in [0.2, 0.25) is 0 Å². The summed E-state index contributed by atoms with van der Waals surface area (Å²) in [7, 11) is 0. The standard InChI is InChI=1S/C11H22N2S/c1-11(2,6-4-7-12)10-13-8-5-9-14-3/h13H,4-6,8-10H2,1-3H3.